The SMILES string of the molecule is COC(=O)/C=C/S(=O)c1cccc(OC)c1. The Morgan fingerprint density at radius 3 is 2.75 bits per heavy atom. The molecule has 86 valence electrons. The van der Waals surface area contributed by atoms with E-state index in [-0.39, 0.29) is 0 Å². The van der Waals surface area contributed by atoms with E-state index in [1.54, 1.807) is 24.3 Å². The molecule has 16 heavy (non-hydrogen) atoms. The molecule has 0 heterocycles. The van der Waals surface area contributed by atoms with E-state index in [9.17, 15) is 9.00 Å². The minimum absolute atomic E-state index is 0.531. The molecule has 0 radical (unpaired) electrons. The molecule has 1 unspecified atom stereocenters. The first-order chi connectivity index (χ1) is 7.67. The van der Waals surface area contributed by atoms with E-state index in [0.29, 0.717) is 10.6 Å². The lowest BCUT2D eigenvalue weighted by molar-refractivity contribution is -0.134. The Kier molecular flexibility index (Phi) is 4.72. The molecule has 0 amide bonds. The summed E-state index contributed by atoms with van der Waals surface area (Å²) in [5.74, 6) is 0.0913. The lowest BCUT2D eigenvalue weighted by Crippen LogP contribution is -1.95. The van der Waals surface area contributed by atoms with Gasteiger partial charge in [0.15, 0.2) is 0 Å². The monoisotopic (exact) mass is 240 g/mol. The van der Waals surface area contributed by atoms with Gasteiger partial charge in [-0.2, -0.15) is 0 Å². The van der Waals surface area contributed by atoms with Crippen LogP contribution < -0.4 is 4.74 Å². The zero-order valence-corrected chi connectivity index (χ0v) is 9.82. The molecule has 0 bridgehead atoms. The summed E-state index contributed by atoms with van der Waals surface area (Å²) in [7, 11) is 1.42. The van der Waals surface area contributed by atoms with E-state index < -0.39 is 16.8 Å². The van der Waals surface area contributed by atoms with Crippen molar-refractivity contribution in [1.29, 1.82) is 0 Å². The molecule has 0 saturated heterocycles. The van der Waals surface area contributed by atoms with Crippen molar-refractivity contribution in [2.45, 2.75) is 4.90 Å². The lowest BCUT2D eigenvalue weighted by Gasteiger charge is -2.01. The van der Waals surface area contributed by atoms with Crippen molar-refractivity contribution in [3.63, 3.8) is 0 Å². The third kappa shape index (κ3) is 3.51. The van der Waals surface area contributed by atoms with Crippen molar-refractivity contribution in [3.05, 3.63) is 35.7 Å². The number of benzene rings is 1. The molecule has 4 nitrogen and oxygen atoms in total. The molecule has 5 heteroatoms. The number of ether oxygens (including phenoxy) is 2. The predicted molar refractivity (Wildman–Crippen MR) is 60.6 cm³/mol. The van der Waals surface area contributed by atoms with Crippen LogP contribution in [-0.4, -0.2) is 24.4 Å². The Bertz CT molecular complexity index is 426. The van der Waals surface area contributed by atoms with Gasteiger partial charge in [0, 0.05) is 16.4 Å². The second-order valence-corrected chi connectivity index (χ2v) is 4.14. The number of hydrogen-bond acceptors (Lipinski definition) is 4. The molecular weight excluding hydrogens is 228 g/mol. The van der Waals surface area contributed by atoms with Gasteiger partial charge in [-0.15, -0.1) is 0 Å². The van der Waals surface area contributed by atoms with Gasteiger partial charge in [0.05, 0.1) is 25.0 Å². The van der Waals surface area contributed by atoms with Gasteiger partial charge in [-0.25, -0.2) is 9.00 Å². The van der Waals surface area contributed by atoms with Gasteiger partial charge in [-0.05, 0) is 18.2 Å². The van der Waals surface area contributed by atoms with Crippen molar-refractivity contribution in [2.24, 2.45) is 0 Å². The number of rotatable bonds is 4. The normalized spacial score (nSPS) is 12.4. The zero-order chi connectivity index (χ0) is 12.0. The highest BCUT2D eigenvalue weighted by Gasteiger charge is 2.02. The Morgan fingerprint density at radius 2 is 2.12 bits per heavy atom. The maximum Gasteiger partial charge on any atom is 0.331 e. The number of carbonyl (C=O) groups is 1. The van der Waals surface area contributed by atoms with Crippen LogP contribution in [0.2, 0.25) is 0 Å². The van der Waals surface area contributed by atoms with Crippen LogP contribution in [0.15, 0.2) is 40.6 Å². The van der Waals surface area contributed by atoms with E-state index in [2.05, 4.69) is 4.74 Å². The third-order valence-electron chi connectivity index (χ3n) is 1.80. The zero-order valence-electron chi connectivity index (χ0n) is 9.01. The van der Waals surface area contributed by atoms with E-state index in [0.717, 1.165) is 6.08 Å². The maximum atomic E-state index is 11.7. The minimum Gasteiger partial charge on any atom is -0.497 e. The van der Waals surface area contributed by atoms with E-state index in [1.165, 1.54) is 19.6 Å². The van der Waals surface area contributed by atoms with Crippen LogP contribution in [0.1, 0.15) is 0 Å². The molecule has 0 fully saturated rings. The highest BCUT2D eigenvalue weighted by Crippen LogP contribution is 2.16. The molecule has 0 aliphatic heterocycles. The lowest BCUT2D eigenvalue weighted by atomic mass is 10.3. The second-order valence-electron chi connectivity index (χ2n) is 2.80. The highest BCUT2D eigenvalue weighted by atomic mass is 32.2. The molecule has 0 spiro atoms. The van der Waals surface area contributed by atoms with Gasteiger partial charge in [0.2, 0.25) is 0 Å². The van der Waals surface area contributed by atoms with Crippen LogP contribution in [0.5, 0.6) is 5.75 Å². The van der Waals surface area contributed by atoms with Crippen molar-refractivity contribution in [3.8, 4) is 5.75 Å². The van der Waals surface area contributed by atoms with Crippen molar-refractivity contribution in [2.75, 3.05) is 14.2 Å². The highest BCUT2D eigenvalue weighted by molar-refractivity contribution is 7.88. The summed E-state index contributed by atoms with van der Waals surface area (Å²) < 4.78 is 21.1. The predicted octanol–water partition coefficient (Wildman–Crippen LogP) is 1.49. The molecule has 1 atom stereocenters. The summed E-state index contributed by atoms with van der Waals surface area (Å²) in [4.78, 5) is 11.4. The average molecular weight is 240 g/mol. The smallest absolute Gasteiger partial charge is 0.331 e. The maximum absolute atomic E-state index is 11.7. The summed E-state index contributed by atoms with van der Waals surface area (Å²) in [6.07, 6.45) is 1.13. The Labute approximate surface area is 96.3 Å². The average Bonchev–Trinajstić information content (AvgIpc) is 2.35. The fourth-order valence-electron chi connectivity index (χ4n) is 0.990. The molecule has 0 saturated carbocycles. The van der Waals surface area contributed by atoms with Crippen LogP contribution in [-0.2, 0) is 20.3 Å². The Balaban J connectivity index is 2.80. The first-order valence-corrected chi connectivity index (χ1v) is 5.69. The van der Waals surface area contributed by atoms with Gasteiger partial charge < -0.3 is 9.47 Å². The molecule has 0 aromatic heterocycles. The fraction of sp³-hybridized carbons (Fsp3) is 0.182. The van der Waals surface area contributed by atoms with Crippen molar-refractivity contribution >= 4 is 16.8 Å². The van der Waals surface area contributed by atoms with E-state index >= 15 is 0 Å². The van der Waals surface area contributed by atoms with Gasteiger partial charge in [0.1, 0.15) is 5.75 Å². The van der Waals surface area contributed by atoms with Gasteiger partial charge in [-0.1, -0.05) is 6.07 Å². The summed E-state index contributed by atoms with van der Waals surface area (Å²) in [6.45, 7) is 0. The summed E-state index contributed by atoms with van der Waals surface area (Å²) >= 11 is 0. The van der Waals surface area contributed by atoms with E-state index in [4.69, 9.17) is 4.74 Å². The minimum atomic E-state index is -1.38. The quantitative estimate of drug-likeness (QED) is 0.591. The van der Waals surface area contributed by atoms with Crippen LogP contribution in [0.25, 0.3) is 0 Å². The van der Waals surface area contributed by atoms with E-state index in [1.807, 2.05) is 0 Å². The summed E-state index contributed by atoms with van der Waals surface area (Å²) in [5, 5.41) is 1.28. The number of methoxy groups -OCH3 is 2. The van der Waals surface area contributed by atoms with Gasteiger partial charge in [-0.3, -0.25) is 0 Å². The largest absolute Gasteiger partial charge is 0.497 e. The fourth-order valence-corrected chi connectivity index (χ4v) is 1.83. The molecule has 0 aliphatic rings. The molecule has 1 aromatic rings. The molecule has 1 rings (SSSR count). The molecule has 0 aliphatic carbocycles. The van der Waals surface area contributed by atoms with Crippen molar-refractivity contribution in [1.82, 2.24) is 0 Å². The molecular formula is C11H12O4S. The number of hydrogen-bond donors (Lipinski definition) is 0. The molecule has 0 N–H and O–H groups in total. The van der Waals surface area contributed by atoms with Crippen molar-refractivity contribution < 1.29 is 18.5 Å². The van der Waals surface area contributed by atoms with Gasteiger partial charge >= 0.3 is 5.97 Å². The number of esters is 1. The Morgan fingerprint density at radius 1 is 1.38 bits per heavy atom. The van der Waals surface area contributed by atoms with Crippen LogP contribution in [0.3, 0.4) is 0 Å². The molecule has 1 aromatic carbocycles. The number of carbonyl (C=O) groups excluding carboxylic acids is 1. The summed E-state index contributed by atoms with van der Waals surface area (Å²) in [5.41, 5.74) is 0. The topological polar surface area (TPSA) is 52.6 Å². The first-order valence-electron chi connectivity index (χ1n) is 4.48. The van der Waals surface area contributed by atoms with Gasteiger partial charge in [0.25, 0.3) is 0 Å². The van der Waals surface area contributed by atoms with Crippen LogP contribution in [0.4, 0.5) is 0 Å². The summed E-state index contributed by atoms with van der Waals surface area (Å²) in [6, 6.07) is 6.83. The van der Waals surface area contributed by atoms with Crippen LogP contribution >= 0.6 is 0 Å². The standard InChI is InChI=1S/C11H12O4S/c1-14-9-4-3-5-10(8-9)16(13)7-6-11(12)15-2/h3-8H,1-2H3/b7-6+. The first kappa shape index (κ1) is 12.4. The Hall–Kier alpha value is -1.62. The second kappa shape index (κ2) is 6.07. The van der Waals surface area contributed by atoms with Crippen LogP contribution in [0, 0.1) is 0 Å². The third-order valence-corrected chi connectivity index (χ3v) is 2.90.